The van der Waals surface area contributed by atoms with Gasteiger partial charge in [0, 0.05) is 6.04 Å². The second-order valence-electron chi connectivity index (χ2n) is 5.51. The number of carbonyl (C=O) groups excluding carboxylic acids is 1. The van der Waals surface area contributed by atoms with Crippen LogP contribution in [0.25, 0.3) is 11.0 Å². The zero-order valence-corrected chi connectivity index (χ0v) is 11.7. The SMILES string of the molecule is CC(NC(=O)C1C=CC(N)C1)c1ccc2[nH]c(=O)[nH]c2c1. The molecular weight excluding hydrogens is 268 g/mol. The fourth-order valence-electron chi connectivity index (χ4n) is 2.64. The first-order chi connectivity index (χ1) is 10.0. The zero-order valence-electron chi connectivity index (χ0n) is 11.7. The molecule has 0 radical (unpaired) electrons. The van der Waals surface area contributed by atoms with Gasteiger partial charge in [0.15, 0.2) is 0 Å². The Hall–Kier alpha value is -2.34. The highest BCUT2D eigenvalue weighted by Gasteiger charge is 2.24. The molecular formula is C15H18N4O2. The molecule has 0 saturated heterocycles. The molecule has 3 unspecified atom stereocenters. The van der Waals surface area contributed by atoms with Crippen molar-refractivity contribution in [1.29, 1.82) is 0 Å². The Morgan fingerprint density at radius 3 is 2.81 bits per heavy atom. The Morgan fingerprint density at radius 1 is 1.33 bits per heavy atom. The van der Waals surface area contributed by atoms with Crippen LogP contribution in [0.3, 0.4) is 0 Å². The van der Waals surface area contributed by atoms with Gasteiger partial charge in [-0.1, -0.05) is 18.2 Å². The van der Waals surface area contributed by atoms with E-state index < -0.39 is 0 Å². The van der Waals surface area contributed by atoms with Crippen LogP contribution in [0.15, 0.2) is 35.1 Å². The van der Waals surface area contributed by atoms with E-state index in [1.165, 1.54) is 0 Å². The number of benzene rings is 1. The molecule has 5 N–H and O–H groups in total. The van der Waals surface area contributed by atoms with Gasteiger partial charge in [-0.3, -0.25) is 4.79 Å². The number of aromatic nitrogens is 2. The maximum Gasteiger partial charge on any atom is 0.323 e. The highest BCUT2D eigenvalue weighted by molar-refractivity contribution is 5.82. The molecule has 1 aliphatic rings. The second kappa shape index (κ2) is 5.21. The van der Waals surface area contributed by atoms with Crippen molar-refractivity contribution < 1.29 is 4.79 Å². The zero-order chi connectivity index (χ0) is 15.0. The summed E-state index contributed by atoms with van der Waals surface area (Å²) in [6.45, 7) is 1.92. The van der Waals surface area contributed by atoms with Crippen molar-refractivity contribution in [2.24, 2.45) is 11.7 Å². The molecule has 1 amide bonds. The number of nitrogens with two attached hydrogens (primary N) is 1. The molecule has 1 heterocycles. The Labute approximate surface area is 121 Å². The number of fused-ring (bicyclic) bond motifs is 1. The highest BCUT2D eigenvalue weighted by Crippen LogP contribution is 2.20. The number of rotatable bonds is 3. The molecule has 0 bridgehead atoms. The summed E-state index contributed by atoms with van der Waals surface area (Å²) in [4.78, 5) is 28.8. The van der Waals surface area contributed by atoms with Crippen LogP contribution in [0.4, 0.5) is 0 Å². The van der Waals surface area contributed by atoms with E-state index >= 15 is 0 Å². The molecule has 1 aromatic carbocycles. The predicted molar refractivity (Wildman–Crippen MR) is 80.7 cm³/mol. The third-order valence-corrected chi connectivity index (χ3v) is 3.85. The molecule has 0 saturated carbocycles. The number of aromatic amines is 2. The monoisotopic (exact) mass is 286 g/mol. The minimum absolute atomic E-state index is 0.0191. The number of imidazole rings is 1. The van der Waals surface area contributed by atoms with E-state index in [0.29, 0.717) is 6.42 Å². The molecule has 6 nitrogen and oxygen atoms in total. The Bertz CT molecular complexity index is 758. The van der Waals surface area contributed by atoms with E-state index in [2.05, 4.69) is 15.3 Å². The third kappa shape index (κ3) is 2.75. The van der Waals surface area contributed by atoms with Crippen LogP contribution in [0.2, 0.25) is 0 Å². The highest BCUT2D eigenvalue weighted by atomic mass is 16.2. The number of amides is 1. The van der Waals surface area contributed by atoms with Crippen LogP contribution in [-0.2, 0) is 4.79 Å². The number of hydrogen-bond acceptors (Lipinski definition) is 3. The lowest BCUT2D eigenvalue weighted by Gasteiger charge is -2.17. The third-order valence-electron chi connectivity index (χ3n) is 3.85. The van der Waals surface area contributed by atoms with Gasteiger partial charge in [0.25, 0.3) is 0 Å². The normalized spacial score (nSPS) is 22.6. The average Bonchev–Trinajstić information content (AvgIpc) is 3.02. The first-order valence-corrected chi connectivity index (χ1v) is 6.99. The van der Waals surface area contributed by atoms with Crippen LogP contribution in [-0.4, -0.2) is 21.9 Å². The van der Waals surface area contributed by atoms with Gasteiger partial charge in [0.1, 0.15) is 0 Å². The van der Waals surface area contributed by atoms with Crippen molar-refractivity contribution in [3.05, 3.63) is 46.4 Å². The fraction of sp³-hybridized carbons (Fsp3) is 0.333. The van der Waals surface area contributed by atoms with Crippen LogP contribution < -0.4 is 16.7 Å². The Kier molecular flexibility index (Phi) is 3.39. The molecule has 1 aliphatic carbocycles. The topological polar surface area (TPSA) is 104 Å². The summed E-state index contributed by atoms with van der Waals surface area (Å²) in [6.07, 6.45) is 4.38. The van der Waals surface area contributed by atoms with Gasteiger partial charge in [-0.2, -0.15) is 0 Å². The quantitative estimate of drug-likeness (QED) is 0.631. The van der Waals surface area contributed by atoms with Crippen molar-refractivity contribution in [3.63, 3.8) is 0 Å². The van der Waals surface area contributed by atoms with Gasteiger partial charge in [0.2, 0.25) is 5.91 Å². The van der Waals surface area contributed by atoms with Crippen LogP contribution in [0.5, 0.6) is 0 Å². The molecule has 21 heavy (non-hydrogen) atoms. The molecule has 3 atom stereocenters. The van der Waals surface area contributed by atoms with Crippen molar-refractivity contribution >= 4 is 16.9 Å². The second-order valence-corrected chi connectivity index (χ2v) is 5.51. The van der Waals surface area contributed by atoms with Crippen LogP contribution >= 0.6 is 0 Å². The molecule has 6 heteroatoms. The maximum atomic E-state index is 12.2. The van der Waals surface area contributed by atoms with E-state index in [4.69, 9.17) is 5.73 Å². The smallest absolute Gasteiger partial charge is 0.323 e. The molecule has 3 rings (SSSR count). The minimum Gasteiger partial charge on any atom is -0.349 e. The fourth-order valence-corrected chi connectivity index (χ4v) is 2.64. The summed E-state index contributed by atoms with van der Waals surface area (Å²) in [5, 5.41) is 2.98. The number of H-pyrrole nitrogens is 2. The Morgan fingerprint density at radius 2 is 2.10 bits per heavy atom. The molecule has 0 aliphatic heterocycles. The first-order valence-electron chi connectivity index (χ1n) is 6.99. The van der Waals surface area contributed by atoms with Crippen LogP contribution in [0, 0.1) is 5.92 Å². The van der Waals surface area contributed by atoms with Gasteiger partial charge in [-0.15, -0.1) is 0 Å². The first kappa shape index (κ1) is 13.6. The van der Waals surface area contributed by atoms with E-state index in [1.54, 1.807) is 0 Å². The summed E-state index contributed by atoms with van der Waals surface area (Å²) < 4.78 is 0. The maximum absolute atomic E-state index is 12.2. The van der Waals surface area contributed by atoms with Crippen molar-refractivity contribution in [2.45, 2.75) is 25.4 Å². The largest absolute Gasteiger partial charge is 0.349 e. The molecule has 110 valence electrons. The van der Waals surface area contributed by atoms with E-state index in [1.807, 2.05) is 37.3 Å². The van der Waals surface area contributed by atoms with E-state index in [9.17, 15) is 9.59 Å². The number of nitrogens with one attached hydrogen (secondary N) is 3. The molecule has 1 aromatic heterocycles. The van der Waals surface area contributed by atoms with Crippen molar-refractivity contribution in [1.82, 2.24) is 15.3 Å². The average molecular weight is 286 g/mol. The molecule has 0 fully saturated rings. The summed E-state index contributed by atoms with van der Waals surface area (Å²) in [5.74, 6) is -0.174. The van der Waals surface area contributed by atoms with E-state index in [0.717, 1.165) is 16.6 Å². The number of hydrogen-bond donors (Lipinski definition) is 4. The van der Waals surface area contributed by atoms with Crippen LogP contribution in [0.1, 0.15) is 24.9 Å². The van der Waals surface area contributed by atoms with Crippen molar-refractivity contribution in [2.75, 3.05) is 0 Å². The summed E-state index contributed by atoms with van der Waals surface area (Å²) in [5.41, 5.74) is 7.97. The van der Waals surface area contributed by atoms with Gasteiger partial charge in [-0.25, -0.2) is 4.79 Å². The lowest BCUT2D eigenvalue weighted by molar-refractivity contribution is -0.124. The van der Waals surface area contributed by atoms with E-state index in [-0.39, 0.29) is 29.6 Å². The molecule has 0 spiro atoms. The van der Waals surface area contributed by atoms with Gasteiger partial charge >= 0.3 is 5.69 Å². The predicted octanol–water partition coefficient (Wildman–Crippen LogP) is 0.937. The summed E-state index contributed by atoms with van der Waals surface area (Å²) in [7, 11) is 0. The summed E-state index contributed by atoms with van der Waals surface area (Å²) >= 11 is 0. The number of carbonyl (C=O) groups is 1. The van der Waals surface area contributed by atoms with Gasteiger partial charge in [-0.05, 0) is 31.0 Å². The standard InChI is InChI=1S/C15H18N4O2/c1-8(17-14(20)10-2-4-11(16)6-10)9-3-5-12-13(7-9)19-15(21)18-12/h2-5,7-8,10-11H,6,16H2,1H3,(H,17,20)(H2,18,19,21). The minimum atomic E-state index is -0.232. The lowest BCUT2D eigenvalue weighted by atomic mass is 10.0. The molecule has 2 aromatic rings. The lowest BCUT2D eigenvalue weighted by Crippen LogP contribution is -2.32. The summed E-state index contributed by atoms with van der Waals surface area (Å²) in [6, 6.07) is 5.43. The van der Waals surface area contributed by atoms with Crippen molar-refractivity contribution in [3.8, 4) is 0 Å². The van der Waals surface area contributed by atoms with Gasteiger partial charge < -0.3 is 21.0 Å². The van der Waals surface area contributed by atoms with Gasteiger partial charge in [0.05, 0.1) is 23.0 Å². The Balaban J connectivity index is 1.74.